The molecule has 2 aromatic carbocycles. The van der Waals surface area contributed by atoms with Crippen LogP contribution in [-0.2, 0) is 21.4 Å². The molecule has 7 nitrogen and oxygen atoms in total. The Kier molecular flexibility index (Phi) is 6.35. The summed E-state index contributed by atoms with van der Waals surface area (Å²) in [5.74, 6) is 0.222. The predicted molar refractivity (Wildman–Crippen MR) is 126 cm³/mol. The number of aryl methyl sites for hydroxylation is 3. The molecule has 1 saturated heterocycles. The number of anilines is 1. The fourth-order valence-electron chi connectivity index (χ4n) is 4.42. The average Bonchev–Trinajstić information content (AvgIpc) is 3.11. The molecule has 0 bridgehead atoms. The number of fused-ring (bicyclic) bond motifs is 1. The lowest BCUT2D eigenvalue weighted by Crippen LogP contribution is -2.41. The normalized spacial score (nSPS) is 15.8. The van der Waals surface area contributed by atoms with Crippen LogP contribution >= 0.6 is 0 Å². The largest absolute Gasteiger partial charge is 0.310 e. The van der Waals surface area contributed by atoms with Crippen LogP contribution in [-0.4, -0.2) is 41.3 Å². The smallest absolute Gasteiger partial charge is 0.243 e. The van der Waals surface area contributed by atoms with Gasteiger partial charge in [-0.25, -0.2) is 13.4 Å². The van der Waals surface area contributed by atoms with Gasteiger partial charge in [0.05, 0.1) is 15.9 Å². The Bertz CT molecular complexity index is 1240. The lowest BCUT2D eigenvalue weighted by molar-refractivity contribution is -0.121. The van der Waals surface area contributed by atoms with Crippen molar-refractivity contribution in [3.05, 3.63) is 53.6 Å². The van der Waals surface area contributed by atoms with Gasteiger partial charge >= 0.3 is 0 Å². The Morgan fingerprint density at radius 2 is 1.84 bits per heavy atom. The van der Waals surface area contributed by atoms with Gasteiger partial charge in [0, 0.05) is 25.6 Å². The molecule has 8 heteroatoms. The molecule has 3 aromatic rings. The van der Waals surface area contributed by atoms with Crippen molar-refractivity contribution in [1.82, 2.24) is 13.9 Å². The summed E-state index contributed by atoms with van der Waals surface area (Å²) < 4.78 is 29.8. The first-order valence-electron chi connectivity index (χ1n) is 11.1. The van der Waals surface area contributed by atoms with Crippen LogP contribution in [0.15, 0.2) is 47.4 Å². The standard InChI is InChI=1S/C24H30N4O3S/c1-4-13-28-21-8-6-5-7-20(21)25-24(28)26-23(29)19-11-14-27(15-12-19)32(30,31)22-10-9-17(2)16-18(22)3/h5-10,16,19H,4,11-15H2,1-3H3,(H,25,26,29). The Morgan fingerprint density at radius 3 is 2.53 bits per heavy atom. The second-order valence-electron chi connectivity index (χ2n) is 8.51. The number of hydrogen-bond donors (Lipinski definition) is 1. The van der Waals surface area contributed by atoms with Gasteiger partial charge in [0.2, 0.25) is 21.9 Å². The van der Waals surface area contributed by atoms with Gasteiger partial charge in [-0.2, -0.15) is 4.31 Å². The summed E-state index contributed by atoms with van der Waals surface area (Å²) in [7, 11) is -3.56. The Labute approximate surface area is 189 Å². The van der Waals surface area contributed by atoms with Crippen molar-refractivity contribution >= 4 is 32.9 Å². The van der Waals surface area contributed by atoms with Gasteiger partial charge < -0.3 is 4.57 Å². The molecule has 0 atom stereocenters. The lowest BCUT2D eigenvalue weighted by atomic mass is 9.97. The highest BCUT2D eigenvalue weighted by molar-refractivity contribution is 7.89. The first kappa shape index (κ1) is 22.5. The summed E-state index contributed by atoms with van der Waals surface area (Å²) in [5, 5.41) is 3.00. The SMILES string of the molecule is CCCn1c(NC(=O)C2CCN(S(=O)(=O)c3ccc(C)cc3C)CC2)nc2ccccc21. The number of imidazole rings is 1. The van der Waals surface area contributed by atoms with Crippen molar-refractivity contribution in [3.8, 4) is 0 Å². The number of carbonyl (C=O) groups excluding carboxylic acids is 1. The quantitative estimate of drug-likeness (QED) is 0.608. The van der Waals surface area contributed by atoms with Gasteiger partial charge in [-0.3, -0.25) is 10.1 Å². The van der Waals surface area contributed by atoms with Gasteiger partial charge in [0.25, 0.3) is 0 Å². The van der Waals surface area contributed by atoms with E-state index in [4.69, 9.17) is 0 Å². The van der Waals surface area contributed by atoms with Crippen molar-refractivity contribution in [2.24, 2.45) is 5.92 Å². The fourth-order valence-corrected chi connectivity index (χ4v) is 6.09. The highest BCUT2D eigenvalue weighted by Crippen LogP contribution is 2.27. The number of carbonyl (C=O) groups is 1. The van der Waals surface area contributed by atoms with Gasteiger partial charge in [-0.1, -0.05) is 36.8 Å². The fraction of sp³-hybridized carbons (Fsp3) is 0.417. The number of para-hydroxylation sites is 2. The Morgan fingerprint density at radius 1 is 1.12 bits per heavy atom. The predicted octanol–water partition coefficient (Wildman–Crippen LogP) is 4.10. The van der Waals surface area contributed by atoms with E-state index >= 15 is 0 Å². The molecular weight excluding hydrogens is 424 g/mol. The van der Waals surface area contributed by atoms with Crippen LogP contribution in [0.2, 0.25) is 0 Å². The summed E-state index contributed by atoms with van der Waals surface area (Å²) in [4.78, 5) is 17.9. The van der Waals surface area contributed by atoms with Crippen LogP contribution < -0.4 is 5.32 Å². The number of piperidine rings is 1. The van der Waals surface area contributed by atoms with Crippen LogP contribution in [0.4, 0.5) is 5.95 Å². The molecule has 4 rings (SSSR count). The monoisotopic (exact) mass is 454 g/mol. The Hall–Kier alpha value is -2.71. The van der Waals surface area contributed by atoms with E-state index in [9.17, 15) is 13.2 Å². The molecule has 1 N–H and O–H groups in total. The molecule has 1 aliphatic rings. The van der Waals surface area contributed by atoms with Crippen molar-refractivity contribution in [2.45, 2.75) is 51.5 Å². The third-order valence-electron chi connectivity index (χ3n) is 6.11. The van der Waals surface area contributed by atoms with Crippen LogP contribution in [0.5, 0.6) is 0 Å². The van der Waals surface area contributed by atoms with Gasteiger partial charge in [0.1, 0.15) is 0 Å². The molecule has 0 unspecified atom stereocenters. The van der Waals surface area contributed by atoms with Crippen LogP contribution in [0.1, 0.15) is 37.3 Å². The van der Waals surface area contributed by atoms with E-state index in [0.717, 1.165) is 35.1 Å². The topological polar surface area (TPSA) is 84.3 Å². The molecule has 0 aliphatic carbocycles. The number of amides is 1. The molecular formula is C24H30N4O3S. The van der Waals surface area contributed by atoms with E-state index < -0.39 is 10.0 Å². The molecule has 1 amide bonds. The second-order valence-corrected chi connectivity index (χ2v) is 10.4. The molecule has 32 heavy (non-hydrogen) atoms. The highest BCUT2D eigenvalue weighted by Gasteiger charge is 2.33. The second kappa shape index (κ2) is 9.03. The number of benzene rings is 2. The molecule has 1 aliphatic heterocycles. The van der Waals surface area contributed by atoms with Crippen LogP contribution in [0, 0.1) is 19.8 Å². The lowest BCUT2D eigenvalue weighted by Gasteiger charge is -2.31. The van der Waals surface area contributed by atoms with Gasteiger partial charge in [-0.05, 0) is 56.9 Å². The van der Waals surface area contributed by atoms with E-state index in [2.05, 4.69) is 17.2 Å². The van der Waals surface area contributed by atoms with Crippen LogP contribution in [0.3, 0.4) is 0 Å². The molecule has 0 spiro atoms. The third-order valence-corrected chi connectivity index (χ3v) is 8.17. The zero-order chi connectivity index (χ0) is 22.9. The molecule has 170 valence electrons. The first-order valence-corrected chi connectivity index (χ1v) is 12.6. The number of rotatable bonds is 6. The van der Waals surface area contributed by atoms with Crippen LogP contribution in [0.25, 0.3) is 11.0 Å². The summed E-state index contributed by atoms with van der Waals surface area (Å²) in [6.45, 7) is 7.29. The maximum Gasteiger partial charge on any atom is 0.243 e. The number of hydrogen-bond acceptors (Lipinski definition) is 4. The number of nitrogens with zero attached hydrogens (tertiary/aromatic N) is 3. The minimum absolute atomic E-state index is 0.0961. The zero-order valence-electron chi connectivity index (χ0n) is 18.8. The maximum absolute atomic E-state index is 13.1. The highest BCUT2D eigenvalue weighted by atomic mass is 32.2. The van der Waals surface area contributed by atoms with E-state index in [1.165, 1.54) is 4.31 Å². The molecule has 0 radical (unpaired) electrons. The minimum atomic E-state index is -3.56. The minimum Gasteiger partial charge on any atom is -0.310 e. The number of sulfonamides is 1. The third kappa shape index (κ3) is 4.29. The average molecular weight is 455 g/mol. The van der Waals surface area contributed by atoms with Crippen molar-refractivity contribution in [3.63, 3.8) is 0 Å². The van der Waals surface area contributed by atoms with Gasteiger partial charge in [-0.15, -0.1) is 0 Å². The van der Waals surface area contributed by atoms with Gasteiger partial charge in [0.15, 0.2) is 0 Å². The van der Waals surface area contributed by atoms with Crippen molar-refractivity contribution < 1.29 is 13.2 Å². The maximum atomic E-state index is 13.1. The summed E-state index contributed by atoms with van der Waals surface area (Å²) in [6, 6.07) is 13.2. The molecule has 2 heterocycles. The first-order chi connectivity index (χ1) is 15.3. The number of aromatic nitrogens is 2. The summed E-state index contributed by atoms with van der Waals surface area (Å²) in [6.07, 6.45) is 1.91. The van der Waals surface area contributed by atoms with E-state index in [1.807, 2.05) is 54.8 Å². The van der Waals surface area contributed by atoms with Crippen molar-refractivity contribution in [2.75, 3.05) is 18.4 Å². The zero-order valence-corrected chi connectivity index (χ0v) is 19.7. The molecule has 1 fully saturated rings. The molecule has 0 saturated carbocycles. The van der Waals surface area contributed by atoms with E-state index in [1.54, 1.807) is 6.07 Å². The van der Waals surface area contributed by atoms with E-state index in [0.29, 0.717) is 36.8 Å². The van der Waals surface area contributed by atoms with Crippen molar-refractivity contribution in [1.29, 1.82) is 0 Å². The molecule has 1 aromatic heterocycles. The van der Waals surface area contributed by atoms with E-state index in [-0.39, 0.29) is 11.8 Å². The Balaban J connectivity index is 1.45. The number of nitrogens with one attached hydrogen (secondary N) is 1. The summed E-state index contributed by atoms with van der Waals surface area (Å²) in [5.41, 5.74) is 3.63. The summed E-state index contributed by atoms with van der Waals surface area (Å²) >= 11 is 0.